The Morgan fingerprint density at radius 3 is 2.62 bits per heavy atom. The molecule has 4 N–H and O–H groups in total. The maximum Gasteiger partial charge on any atom is 0.275 e. The Labute approximate surface area is 150 Å². The van der Waals surface area contributed by atoms with E-state index in [9.17, 15) is 9.59 Å². The summed E-state index contributed by atoms with van der Waals surface area (Å²) < 4.78 is 5.29. The molecule has 2 amide bonds. The fourth-order valence-corrected chi connectivity index (χ4v) is 2.50. The van der Waals surface area contributed by atoms with E-state index in [2.05, 4.69) is 15.6 Å². The Morgan fingerprint density at radius 1 is 1.29 bits per heavy atom. The first-order valence-electron chi connectivity index (χ1n) is 7.01. The molecule has 24 heavy (non-hydrogen) atoms. The van der Waals surface area contributed by atoms with Gasteiger partial charge in [0.1, 0.15) is 11.4 Å². The van der Waals surface area contributed by atoms with Crippen LogP contribution in [0.5, 0.6) is 5.75 Å². The summed E-state index contributed by atoms with van der Waals surface area (Å²) in [6.45, 7) is 0.455. The predicted octanol–water partition coefficient (Wildman–Crippen LogP) is 1.44. The van der Waals surface area contributed by atoms with Crippen LogP contribution in [0.15, 0.2) is 29.6 Å². The average Bonchev–Trinajstić information content (AvgIpc) is 3.03. The van der Waals surface area contributed by atoms with Gasteiger partial charge in [0, 0.05) is 24.5 Å². The molecule has 1 aromatic carbocycles. The second kappa shape index (κ2) is 9.86. The molecule has 0 fully saturated rings. The minimum Gasteiger partial charge on any atom is -0.484 e. The molecule has 130 valence electrons. The number of likely N-dealkylation sites (N-methyl/N-ethyl adjacent to an activating group) is 1. The molecule has 2 rings (SSSR count). The fraction of sp³-hybridized carbons (Fsp3) is 0.267. The summed E-state index contributed by atoms with van der Waals surface area (Å²) in [4.78, 5) is 27.4. The highest BCUT2D eigenvalue weighted by atomic mass is 35.5. The quantitative estimate of drug-likeness (QED) is 0.683. The lowest BCUT2D eigenvalue weighted by molar-refractivity contribution is -0.122. The average molecular weight is 371 g/mol. The topological polar surface area (TPSA) is 106 Å². The first-order valence-corrected chi connectivity index (χ1v) is 7.89. The number of benzene rings is 1. The van der Waals surface area contributed by atoms with E-state index in [-0.39, 0.29) is 30.8 Å². The van der Waals surface area contributed by atoms with Gasteiger partial charge in [0.05, 0.1) is 5.01 Å². The van der Waals surface area contributed by atoms with Crippen molar-refractivity contribution >= 4 is 41.2 Å². The standard InChI is InChI=1S/C15H18N4O3S.ClH/c1-17-13(20)8-22-11-4-2-10(3-5-11)18-15(21)12-9-23-14(19-12)6-7-16;/h2-5,9H,6-8,16H2,1H3,(H,17,20)(H,18,21);1H. The third-order valence-corrected chi connectivity index (χ3v) is 3.81. The number of hydrogen-bond acceptors (Lipinski definition) is 6. The number of thiazole rings is 1. The van der Waals surface area contributed by atoms with Gasteiger partial charge in [0.25, 0.3) is 11.8 Å². The minimum absolute atomic E-state index is 0. The van der Waals surface area contributed by atoms with E-state index >= 15 is 0 Å². The van der Waals surface area contributed by atoms with E-state index in [0.29, 0.717) is 30.1 Å². The maximum atomic E-state index is 12.1. The van der Waals surface area contributed by atoms with Crippen LogP contribution in [-0.4, -0.2) is 37.0 Å². The van der Waals surface area contributed by atoms with Crippen LogP contribution in [0.4, 0.5) is 5.69 Å². The van der Waals surface area contributed by atoms with Crippen LogP contribution in [0.1, 0.15) is 15.5 Å². The Morgan fingerprint density at radius 2 is 2.00 bits per heavy atom. The monoisotopic (exact) mass is 370 g/mol. The van der Waals surface area contributed by atoms with Crippen molar-refractivity contribution in [2.24, 2.45) is 5.73 Å². The number of nitrogens with one attached hydrogen (secondary N) is 2. The molecule has 0 radical (unpaired) electrons. The molecule has 0 aliphatic carbocycles. The van der Waals surface area contributed by atoms with Crippen LogP contribution < -0.4 is 21.1 Å². The van der Waals surface area contributed by atoms with Gasteiger partial charge < -0.3 is 21.1 Å². The van der Waals surface area contributed by atoms with E-state index in [1.807, 2.05) is 0 Å². The summed E-state index contributed by atoms with van der Waals surface area (Å²) >= 11 is 1.42. The van der Waals surface area contributed by atoms with Gasteiger partial charge in [-0.3, -0.25) is 9.59 Å². The molecule has 0 unspecified atom stereocenters. The lowest BCUT2D eigenvalue weighted by Gasteiger charge is -2.07. The van der Waals surface area contributed by atoms with E-state index in [1.54, 1.807) is 36.7 Å². The van der Waals surface area contributed by atoms with Gasteiger partial charge in [-0.2, -0.15) is 0 Å². The molecule has 0 saturated heterocycles. The second-order valence-corrected chi connectivity index (χ2v) is 5.55. The molecule has 9 heteroatoms. The van der Waals surface area contributed by atoms with Crippen molar-refractivity contribution in [3.8, 4) is 5.75 Å². The van der Waals surface area contributed by atoms with Gasteiger partial charge in [-0.15, -0.1) is 23.7 Å². The highest BCUT2D eigenvalue weighted by Crippen LogP contribution is 2.17. The van der Waals surface area contributed by atoms with Crippen molar-refractivity contribution in [1.29, 1.82) is 0 Å². The molecule has 0 bridgehead atoms. The Hall–Kier alpha value is -2.16. The molecule has 1 aromatic heterocycles. The largest absolute Gasteiger partial charge is 0.484 e. The number of aromatic nitrogens is 1. The molecule has 1 heterocycles. The number of rotatable bonds is 7. The van der Waals surface area contributed by atoms with Gasteiger partial charge in [-0.25, -0.2) is 4.98 Å². The zero-order chi connectivity index (χ0) is 16.7. The number of halogens is 1. The second-order valence-electron chi connectivity index (χ2n) is 4.61. The highest BCUT2D eigenvalue weighted by molar-refractivity contribution is 7.09. The van der Waals surface area contributed by atoms with Crippen LogP contribution in [-0.2, 0) is 11.2 Å². The van der Waals surface area contributed by atoms with E-state index < -0.39 is 0 Å². The Balaban J connectivity index is 0.00000288. The minimum atomic E-state index is -0.274. The van der Waals surface area contributed by atoms with Crippen LogP contribution >= 0.6 is 23.7 Å². The molecule has 0 aliphatic heterocycles. The van der Waals surface area contributed by atoms with Crippen LogP contribution in [0, 0.1) is 0 Å². The molecule has 0 aliphatic rings. The van der Waals surface area contributed by atoms with Crippen molar-refractivity contribution < 1.29 is 14.3 Å². The molecular weight excluding hydrogens is 352 g/mol. The molecule has 0 atom stereocenters. The first-order chi connectivity index (χ1) is 11.1. The van der Waals surface area contributed by atoms with Gasteiger partial charge in [-0.1, -0.05) is 0 Å². The van der Waals surface area contributed by atoms with Crippen LogP contribution in [0.25, 0.3) is 0 Å². The molecule has 7 nitrogen and oxygen atoms in total. The first kappa shape index (κ1) is 19.9. The van der Waals surface area contributed by atoms with Gasteiger partial charge in [-0.05, 0) is 30.8 Å². The Bertz CT molecular complexity index is 676. The van der Waals surface area contributed by atoms with Crippen molar-refractivity contribution in [3.63, 3.8) is 0 Å². The number of carbonyl (C=O) groups excluding carboxylic acids is 2. The number of anilines is 1. The maximum absolute atomic E-state index is 12.1. The third-order valence-electron chi connectivity index (χ3n) is 2.90. The number of hydrogen-bond donors (Lipinski definition) is 3. The van der Waals surface area contributed by atoms with Crippen molar-refractivity contribution in [2.75, 3.05) is 25.5 Å². The van der Waals surface area contributed by atoms with Gasteiger partial charge in [0.2, 0.25) is 0 Å². The lowest BCUT2D eigenvalue weighted by atomic mass is 10.3. The summed E-state index contributed by atoms with van der Waals surface area (Å²) in [5.41, 5.74) is 6.46. The number of carbonyl (C=O) groups is 2. The van der Waals surface area contributed by atoms with Gasteiger partial charge in [0.15, 0.2) is 6.61 Å². The summed E-state index contributed by atoms with van der Waals surface area (Å²) in [6.07, 6.45) is 0.662. The lowest BCUT2D eigenvalue weighted by Crippen LogP contribution is -2.24. The molecular formula is C15H19ClN4O3S. The molecule has 0 saturated carbocycles. The SMILES string of the molecule is CNC(=O)COc1ccc(NC(=O)c2csc(CCN)n2)cc1.Cl. The van der Waals surface area contributed by atoms with E-state index in [0.717, 1.165) is 5.01 Å². The number of ether oxygens (including phenoxy) is 1. The fourth-order valence-electron chi connectivity index (χ4n) is 1.70. The normalized spacial score (nSPS) is 9.75. The van der Waals surface area contributed by atoms with Crippen molar-refractivity contribution in [1.82, 2.24) is 10.3 Å². The number of nitrogens with two attached hydrogens (primary N) is 1. The van der Waals surface area contributed by atoms with Crippen LogP contribution in [0.3, 0.4) is 0 Å². The number of amides is 2. The van der Waals surface area contributed by atoms with E-state index in [1.165, 1.54) is 11.3 Å². The summed E-state index contributed by atoms with van der Waals surface area (Å²) in [7, 11) is 1.54. The predicted molar refractivity (Wildman–Crippen MR) is 96.1 cm³/mol. The van der Waals surface area contributed by atoms with E-state index in [4.69, 9.17) is 10.5 Å². The highest BCUT2D eigenvalue weighted by Gasteiger charge is 2.11. The summed E-state index contributed by atoms with van der Waals surface area (Å²) in [5, 5.41) is 7.78. The summed E-state index contributed by atoms with van der Waals surface area (Å²) in [6, 6.07) is 6.76. The van der Waals surface area contributed by atoms with Crippen LogP contribution in [0.2, 0.25) is 0 Å². The third kappa shape index (κ3) is 5.80. The molecule has 2 aromatic rings. The zero-order valence-corrected chi connectivity index (χ0v) is 14.7. The summed E-state index contributed by atoms with van der Waals surface area (Å²) in [5.74, 6) is 0.0632. The van der Waals surface area contributed by atoms with Crippen molar-refractivity contribution in [3.05, 3.63) is 40.3 Å². The smallest absolute Gasteiger partial charge is 0.275 e. The molecule has 0 spiro atoms. The van der Waals surface area contributed by atoms with Crippen molar-refractivity contribution in [2.45, 2.75) is 6.42 Å². The Kier molecular flexibility index (Phi) is 8.17. The number of nitrogens with zero attached hydrogens (tertiary/aromatic N) is 1. The van der Waals surface area contributed by atoms with Gasteiger partial charge >= 0.3 is 0 Å². The zero-order valence-electron chi connectivity index (χ0n) is 13.1.